The quantitative estimate of drug-likeness (QED) is 0.622. The van der Waals surface area contributed by atoms with Crippen LogP contribution < -0.4 is 0 Å². The molecule has 1 aliphatic carbocycles. The molecule has 0 amide bonds. The fraction of sp³-hybridized carbons (Fsp3) is 0.412. The van der Waals surface area contributed by atoms with E-state index in [4.69, 9.17) is 16.3 Å². The predicted molar refractivity (Wildman–Crippen MR) is 83.0 cm³/mol. The summed E-state index contributed by atoms with van der Waals surface area (Å²) < 4.78 is 5.16. The molecule has 4 heteroatoms. The Kier molecular flexibility index (Phi) is 4.84. The summed E-state index contributed by atoms with van der Waals surface area (Å²) in [4.78, 5) is 23.5. The van der Waals surface area contributed by atoms with E-state index in [9.17, 15) is 9.59 Å². The van der Waals surface area contributed by atoms with Crippen molar-refractivity contribution in [3.8, 4) is 0 Å². The van der Waals surface area contributed by atoms with Crippen LogP contribution >= 0.6 is 11.6 Å². The van der Waals surface area contributed by atoms with E-state index in [1.54, 1.807) is 19.1 Å². The Bertz CT molecular complexity index is 574. The van der Waals surface area contributed by atoms with E-state index in [-0.39, 0.29) is 5.97 Å². The Hall–Kier alpha value is -1.61. The third-order valence-corrected chi connectivity index (χ3v) is 4.14. The smallest absolute Gasteiger partial charge is 0.334 e. The molecule has 0 bridgehead atoms. The van der Waals surface area contributed by atoms with Gasteiger partial charge in [0.05, 0.1) is 6.61 Å². The number of hydrogen-bond donors (Lipinski definition) is 0. The molecule has 3 nitrogen and oxygen atoms in total. The molecule has 0 heterocycles. The third-order valence-electron chi connectivity index (χ3n) is 3.89. The number of benzene rings is 1. The molecule has 1 atom stereocenters. The topological polar surface area (TPSA) is 43.4 Å². The molecular formula is C17H19ClO3. The standard InChI is InChI=1S/C17H19ClO3/c1-3-21-16(20)15-10-17(2,11-19)9-8-14(15)12-4-6-13(18)7-5-12/h4-7,11H,3,8-10H2,1-2H3/t17-/m1/s1. The van der Waals surface area contributed by atoms with Gasteiger partial charge in [-0.1, -0.05) is 30.7 Å². The number of carbonyl (C=O) groups is 2. The highest BCUT2D eigenvalue weighted by Gasteiger charge is 2.34. The molecule has 0 aliphatic heterocycles. The van der Waals surface area contributed by atoms with Gasteiger partial charge in [-0.15, -0.1) is 0 Å². The average molecular weight is 307 g/mol. The first-order valence-electron chi connectivity index (χ1n) is 7.10. The van der Waals surface area contributed by atoms with Crippen LogP contribution in [-0.4, -0.2) is 18.9 Å². The number of aldehydes is 1. The summed E-state index contributed by atoms with van der Waals surface area (Å²) in [6.07, 6.45) is 2.79. The zero-order valence-corrected chi connectivity index (χ0v) is 13.1. The number of allylic oxidation sites excluding steroid dienone is 1. The van der Waals surface area contributed by atoms with E-state index in [2.05, 4.69) is 0 Å². The minimum Gasteiger partial charge on any atom is -0.463 e. The van der Waals surface area contributed by atoms with Crippen LogP contribution in [-0.2, 0) is 14.3 Å². The second-order valence-electron chi connectivity index (χ2n) is 5.63. The number of carbonyl (C=O) groups excluding carboxylic acids is 2. The van der Waals surface area contributed by atoms with E-state index in [0.717, 1.165) is 23.8 Å². The molecule has 0 radical (unpaired) electrons. The Morgan fingerprint density at radius 2 is 2.05 bits per heavy atom. The molecule has 0 saturated carbocycles. The Labute approximate surface area is 129 Å². The highest BCUT2D eigenvalue weighted by Crippen LogP contribution is 2.42. The first kappa shape index (κ1) is 15.8. The van der Waals surface area contributed by atoms with Crippen LogP contribution in [0.1, 0.15) is 38.7 Å². The summed E-state index contributed by atoms with van der Waals surface area (Å²) in [7, 11) is 0. The van der Waals surface area contributed by atoms with Gasteiger partial charge in [-0.25, -0.2) is 4.79 Å². The summed E-state index contributed by atoms with van der Waals surface area (Å²) in [6.45, 7) is 3.99. The average Bonchev–Trinajstić information content (AvgIpc) is 2.48. The fourth-order valence-electron chi connectivity index (χ4n) is 2.64. The lowest BCUT2D eigenvalue weighted by Gasteiger charge is -2.31. The van der Waals surface area contributed by atoms with Crippen molar-refractivity contribution < 1.29 is 14.3 Å². The normalized spacial score (nSPS) is 22.0. The van der Waals surface area contributed by atoms with Gasteiger partial charge in [0.1, 0.15) is 6.29 Å². The third kappa shape index (κ3) is 3.53. The minimum absolute atomic E-state index is 0.324. The Morgan fingerprint density at radius 3 is 2.62 bits per heavy atom. The molecule has 0 N–H and O–H groups in total. The molecule has 1 aliphatic rings. The second-order valence-corrected chi connectivity index (χ2v) is 6.07. The highest BCUT2D eigenvalue weighted by molar-refractivity contribution is 6.30. The molecule has 1 aromatic rings. The van der Waals surface area contributed by atoms with E-state index >= 15 is 0 Å². The molecular weight excluding hydrogens is 288 g/mol. The maximum atomic E-state index is 12.2. The largest absolute Gasteiger partial charge is 0.463 e. The highest BCUT2D eigenvalue weighted by atomic mass is 35.5. The van der Waals surface area contributed by atoms with Crippen molar-refractivity contribution in [3.63, 3.8) is 0 Å². The van der Waals surface area contributed by atoms with Gasteiger partial charge in [0.25, 0.3) is 0 Å². The molecule has 0 unspecified atom stereocenters. The molecule has 21 heavy (non-hydrogen) atoms. The van der Waals surface area contributed by atoms with Crippen molar-refractivity contribution in [2.45, 2.75) is 33.1 Å². The SMILES string of the molecule is CCOC(=O)C1=C(c2ccc(Cl)cc2)CC[C@@](C)(C=O)C1. The molecule has 1 aromatic carbocycles. The van der Waals surface area contributed by atoms with Crippen LogP contribution in [0.25, 0.3) is 5.57 Å². The summed E-state index contributed by atoms with van der Waals surface area (Å²) in [5.74, 6) is -0.324. The zero-order chi connectivity index (χ0) is 15.5. The van der Waals surface area contributed by atoms with Crippen LogP contribution in [0.3, 0.4) is 0 Å². The van der Waals surface area contributed by atoms with Crippen LogP contribution in [0.2, 0.25) is 5.02 Å². The maximum Gasteiger partial charge on any atom is 0.334 e. The number of halogens is 1. The van der Waals surface area contributed by atoms with Gasteiger partial charge in [0.15, 0.2) is 0 Å². The number of ether oxygens (including phenoxy) is 1. The molecule has 2 rings (SSSR count). The lowest BCUT2D eigenvalue weighted by Crippen LogP contribution is -2.27. The summed E-state index contributed by atoms with van der Waals surface area (Å²) in [5, 5.41) is 0.658. The van der Waals surface area contributed by atoms with E-state index < -0.39 is 5.41 Å². The Balaban J connectivity index is 2.45. The molecule has 0 spiro atoms. The van der Waals surface area contributed by atoms with Crippen molar-refractivity contribution >= 4 is 29.4 Å². The van der Waals surface area contributed by atoms with Crippen molar-refractivity contribution in [1.29, 1.82) is 0 Å². The zero-order valence-electron chi connectivity index (χ0n) is 12.3. The van der Waals surface area contributed by atoms with Crippen LogP contribution in [0.5, 0.6) is 0 Å². The minimum atomic E-state index is -0.488. The van der Waals surface area contributed by atoms with E-state index in [0.29, 0.717) is 30.0 Å². The van der Waals surface area contributed by atoms with Gasteiger partial charge < -0.3 is 9.53 Å². The lowest BCUT2D eigenvalue weighted by atomic mass is 9.72. The number of esters is 1. The molecule has 0 aromatic heterocycles. The van der Waals surface area contributed by atoms with Gasteiger partial charge in [-0.2, -0.15) is 0 Å². The molecule has 112 valence electrons. The fourth-order valence-corrected chi connectivity index (χ4v) is 2.77. The van der Waals surface area contributed by atoms with Gasteiger partial charge in [0.2, 0.25) is 0 Å². The van der Waals surface area contributed by atoms with Crippen molar-refractivity contribution in [1.82, 2.24) is 0 Å². The van der Waals surface area contributed by atoms with E-state index in [1.165, 1.54) is 0 Å². The second kappa shape index (κ2) is 6.44. The van der Waals surface area contributed by atoms with Crippen molar-refractivity contribution in [3.05, 3.63) is 40.4 Å². The monoisotopic (exact) mass is 306 g/mol. The van der Waals surface area contributed by atoms with Gasteiger partial charge in [0, 0.05) is 16.0 Å². The predicted octanol–water partition coefficient (Wildman–Crippen LogP) is 4.05. The summed E-state index contributed by atoms with van der Waals surface area (Å²) in [5.41, 5.74) is 2.05. The van der Waals surface area contributed by atoms with Crippen LogP contribution in [0, 0.1) is 5.41 Å². The van der Waals surface area contributed by atoms with Gasteiger partial charge in [-0.05, 0) is 49.5 Å². The van der Waals surface area contributed by atoms with Gasteiger partial charge >= 0.3 is 5.97 Å². The molecule has 0 saturated heterocycles. The first-order chi connectivity index (χ1) is 9.99. The summed E-state index contributed by atoms with van der Waals surface area (Å²) >= 11 is 5.91. The lowest BCUT2D eigenvalue weighted by molar-refractivity contribution is -0.139. The van der Waals surface area contributed by atoms with Crippen LogP contribution in [0.15, 0.2) is 29.8 Å². The Morgan fingerprint density at radius 1 is 1.38 bits per heavy atom. The summed E-state index contributed by atoms with van der Waals surface area (Å²) in [6, 6.07) is 7.42. The van der Waals surface area contributed by atoms with E-state index in [1.807, 2.05) is 19.1 Å². The van der Waals surface area contributed by atoms with Crippen LogP contribution in [0.4, 0.5) is 0 Å². The molecule has 0 fully saturated rings. The van der Waals surface area contributed by atoms with Gasteiger partial charge in [-0.3, -0.25) is 0 Å². The maximum absolute atomic E-state index is 12.2. The van der Waals surface area contributed by atoms with Crippen molar-refractivity contribution in [2.75, 3.05) is 6.61 Å². The first-order valence-corrected chi connectivity index (χ1v) is 7.48. The van der Waals surface area contributed by atoms with Crippen molar-refractivity contribution in [2.24, 2.45) is 5.41 Å². The number of rotatable bonds is 4. The number of hydrogen-bond acceptors (Lipinski definition) is 3.